The van der Waals surface area contributed by atoms with Crippen LogP contribution in [0.1, 0.15) is 43.4 Å². The van der Waals surface area contributed by atoms with E-state index in [0.29, 0.717) is 28.8 Å². The SMILES string of the molecule is CO/C(CO)=C(\C(=N)c1ccc(F)cc1)c1ccnc(NC2CCCCC2)n1. The topological polar surface area (TPSA) is 91.1 Å². The number of allylic oxidation sites excluding steroid dienone is 1. The Labute approximate surface area is 164 Å². The summed E-state index contributed by atoms with van der Waals surface area (Å²) < 4.78 is 18.6. The van der Waals surface area contributed by atoms with E-state index < -0.39 is 0 Å². The van der Waals surface area contributed by atoms with Crippen molar-refractivity contribution in [2.45, 2.75) is 38.1 Å². The van der Waals surface area contributed by atoms with E-state index in [1.165, 1.54) is 50.6 Å². The molecule has 1 aliphatic carbocycles. The second-order valence-corrected chi connectivity index (χ2v) is 6.79. The molecule has 0 radical (unpaired) electrons. The number of benzene rings is 1. The summed E-state index contributed by atoms with van der Waals surface area (Å²) in [4.78, 5) is 8.86. The van der Waals surface area contributed by atoms with Gasteiger partial charge in [-0.1, -0.05) is 19.3 Å². The predicted molar refractivity (Wildman–Crippen MR) is 107 cm³/mol. The Kier molecular flexibility index (Phi) is 6.71. The number of hydrogen-bond acceptors (Lipinski definition) is 6. The van der Waals surface area contributed by atoms with Gasteiger partial charge in [0.05, 0.1) is 24.1 Å². The monoisotopic (exact) mass is 384 g/mol. The van der Waals surface area contributed by atoms with E-state index in [9.17, 15) is 9.50 Å². The lowest BCUT2D eigenvalue weighted by molar-refractivity contribution is 0.209. The van der Waals surface area contributed by atoms with Crippen molar-refractivity contribution in [1.29, 1.82) is 5.41 Å². The van der Waals surface area contributed by atoms with Gasteiger partial charge in [-0.25, -0.2) is 14.4 Å². The predicted octanol–water partition coefficient (Wildman–Crippen LogP) is 3.78. The summed E-state index contributed by atoms with van der Waals surface area (Å²) in [6, 6.07) is 7.64. The molecule has 1 fully saturated rings. The standard InChI is InChI=1S/C21H25FN4O2/c1-28-18(13-27)19(20(23)14-7-9-15(22)10-8-14)17-11-12-24-21(26-17)25-16-5-3-2-4-6-16/h7-12,16,23,27H,2-6,13H2,1H3,(H,24,25,26)/b19-18-,23-20?. The zero-order valence-corrected chi connectivity index (χ0v) is 15.9. The van der Waals surface area contributed by atoms with E-state index in [4.69, 9.17) is 10.1 Å². The first-order chi connectivity index (χ1) is 13.6. The molecule has 0 atom stereocenters. The van der Waals surface area contributed by atoms with Gasteiger partial charge in [0.2, 0.25) is 5.95 Å². The number of aromatic nitrogens is 2. The molecule has 2 aromatic rings. The molecule has 28 heavy (non-hydrogen) atoms. The minimum Gasteiger partial charge on any atom is -0.498 e. The highest BCUT2D eigenvalue weighted by Crippen LogP contribution is 2.25. The molecular weight excluding hydrogens is 359 g/mol. The first-order valence-electron chi connectivity index (χ1n) is 9.45. The fourth-order valence-corrected chi connectivity index (χ4v) is 3.41. The number of methoxy groups -OCH3 is 1. The summed E-state index contributed by atoms with van der Waals surface area (Å²) in [5, 5.41) is 21.7. The van der Waals surface area contributed by atoms with Crippen LogP contribution in [0.15, 0.2) is 42.3 Å². The third-order valence-electron chi connectivity index (χ3n) is 4.90. The number of aliphatic hydroxyl groups excluding tert-OH is 1. The first kappa shape index (κ1) is 19.9. The van der Waals surface area contributed by atoms with Crippen LogP contribution in [0, 0.1) is 11.2 Å². The number of hydrogen-bond donors (Lipinski definition) is 3. The van der Waals surface area contributed by atoms with Crippen molar-refractivity contribution < 1.29 is 14.2 Å². The highest BCUT2D eigenvalue weighted by Gasteiger charge is 2.20. The van der Waals surface area contributed by atoms with Gasteiger partial charge in [-0.05, 0) is 43.2 Å². The molecule has 148 valence electrons. The van der Waals surface area contributed by atoms with Gasteiger partial charge in [-0.2, -0.15) is 0 Å². The zero-order valence-electron chi connectivity index (χ0n) is 15.9. The molecule has 7 heteroatoms. The van der Waals surface area contributed by atoms with E-state index >= 15 is 0 Å². The quantitative estimate of drug-likeness (QED) is 0.499. The highest BCUT2D eigenvalue weighted by molar-refractivity contribution is 6.30. The fourth-order valence-electron chi connectivity index (χ4n) is 3.41. The van der Waals surface area contributed by atoms with Crippen molar-refractivity contribution in [3.05, 3.63) is 59.4 Å². The second kappa shape index (κ2) is 9.41. The molecule has 0 spiro atoms. The van der Waals surface area contributed by atoms with Crippen LogP contribution in [-0.4, -0.2) is 40.5 Å². The molecule has 0 saturated heterocycles. The van der Waals surface area contributed by atoms with Crippen LogP contribution in [-0.2, 0) is 4.74 Å². The molecule has 1 aliphatic rings. The van der Waals surface area contributed by atoms with Crippen LogP contribution in [0.3, 0.4) is 0 Å². The van der Waals surface area contributed by atoms with Gasteiger partial charge >= 0.3 is 0 Å². The Morgan fingerprint density at radius 1 is 1.21 bits per heavy atom. The minimum atomic E-state index is -0.384. The number of rotatable bonds is 7. The van der Waals surface area contributed by atoms with Crippen molar-refractivity contribution in [3.63, 3.8) is 0 Å². The van der Waals surface area contributed by atoms with Gasteiger partial charge in [0.15, 0.2) is 0 Å². The second-order valence-electron chi connectivity index (χ2n) is 6.79. The number of halogens is 1. The largest absolute Gasteiger partial charge is 0.498 e. The number of nitrogens with zero attached hydrogens (tertiary/aromatic N) is 2. The number of anilines is 1. The maximum atomic E-state index is 13.3. The molecule has 1 aromatic heterocycles. The van der Waals surface area contributed by atoms with E-state index in [-0.39, 0.29) is 23.9 Å². The lowest BCUT2D eigenvalue weighted by Crippen LogP contribution is -2.23. The van der Waals surface area contributed by atoms with Crippen molar-refractivity contribution in [2.24, 2.45) is 0 Å². The average Bonchev–Trinajstić information content (AvgIpc) is 2.73. The summed E-state index contributed by atoms with van der Waals surface area (Å²) >= 11 is 0. The van der Waals surface area contributed by atoms with Crippen LogP contribution < -0.4 is 5.32 Å². The molecule has 0 unspecified atom stereocenters. The van der Waals surface area contributed by atoms with Crippen molar-refractivity contribution in [3.8, 4) is 0 Å². The number of ether oxygens (including phenoxy) is 1. The zero-order chi connectivity index (χ0) is 19.9. The Morgan fingerprint density at radius 3 is 2.57 bits per heavy atom. The normalized spacial score (nSPS) is 15.7. The van der Waals surface area contributed by atoms with Crippen LogP contribution in [0.4, 0.5) is 10.3 Å². The Morgan fingerprint density at radius 2 is 1.93 bits per heavy atom. The Bertz CT molecular complexity index is 840. The van der Waals surface area contributed by atoms with Gasteiger partial charge in [0.1, 0.15) is 18.2 Å². The molecule has 1 aromatic carbocycles. The molecule has 3 rings (SSSR count). The summed E-state index contributed by atoms with van der Waals surface area (Å²) in [6.07, 6.45) is 7.43. The number of aliphatic hydroxyl groups is 1. The van der Waals surface area contributed by atoms with Crippen molar-refractivity contribution in [1.82, 2.24) is 9.97 Å². The maximum absolute atomic E-state index is 13.3. The molecule has 6 nitrogen and oxygen atoms in total. The summed E-state index contributed by atoms with van der Waals surface area (Å²) in [5.41, 5.74) is 1.41. The number of nitrogens with one attached hydrogen (secondary N) is 2. The highest BCUT2D eigenvalue weighted by atomic mass is 19.1. The molecule has 1 saturated carbocycles. The lowest BCUT2D eigenvalue weighted by atomic mass is 9.96. The summed E-state index contributed by atoms with van der Waals surface area (Å²) in [6.45, 7) is -0.384. The molecule has 0 bridgehead atoms. The molecule has 1 heterocycles. The summed E-state index contributed by atoms with van der Waals surface area (Å²) in [5.74, 6) is 0.330. The van der Waals surface area contributed by atoms with Gasteiger partial charge in [-0.3, -0.25) is 5.41 Å². The van der Waals surface area contributed by atoms with E-state index in [0.717, 1.165) is 12.8 Å². The van der Waals surface area contributed by atoms with E-state index in [1.54, 1.807) is 12.3 Å². The maximum Gasteiger partial charge on any atom is 0.223 e. The summed E-state index contributed by atoms with van der Waals surface area (Å²) in [7, 11) is 1.44. The third kappa shape index (κ3) is 4.72. The van der Waals surface area contributed by atoms with Crippen LogP contribution in [0.5, 0.6) is 0 Å². The van der Waals surface area contributed by atoms with Crippen LogP contribution >= 0.6 is 0 Å². The van der Waals surface area contributed by atoms with Gasteiger partial charge in [-0.15, -0.1) is 0 Å². The lowest BCUT2D eigenvalue weighted by Gasteiger charge is -2.23. The average molecular weight is 384 g/mol. The van der Waals surface area contributed by atoms with E-state index in [2.05, 4.69) is 15.3 Å². The Balaban J connectivity index is 1.94. The van der Waals surface area contributed by atoms with E-state index in [1.807, 2.05) is 0 Å². The first-order valence-corrected chi connectivity index (χ1v) is 9.45. The molecule has 0 aliphatic heterocycles. The Hall–Kier alpha value is -2.80. The van der Waals surface area contributed by atoms with Crippen molar-refractivity contribution >= 4 is 17.2 Å². The minimum absolute atomic E-state index is 0.0909. The van der Waals surface area contributed by atoms with Crippen molar-refractivity contribution in [2.75, 3.05) is 19.0 Å². The third-order valence-corrected chi connectivity index (χ3v) is 4.90. The van der Waals surface area contributed by atoms with Gasteiger partial charge in [0.25, 0.3) is 0 Å². The smallest absolute Gasteiger partial charge is 0.223 e. The molecule has 3 N–H and O–H groups in total. The molecule has 0 amide bonds. The van der Waals surface area contributed by atoms with Gasteiger partial charge in [0, 0.05) is 17.8 Å². The fraction of sp³-hybridized carbons (Fsp3) is 0.381. The van der Waals surface area contributed by atoms with Crippen LogP contribution in [0.25, 0.3) is 5.57 Å². The molecular formula is C21H25FN4O2. The van der Waals surface area contributed by atoms with Gasteiger partial charge < -0.3 is 15.2 Å². The van der Waals surface area contributed by atoms with Crippen LogP contribution in [0.2, 0.25) is 0 Å².